The number of hydrogen-bond donors (Lipinski definition) is 5. The molecule has 1 spiro atoms. The third kappa shape index (κ3) is 6.77. The van der Waals surface area contributed by atoms with E-state index in [1.807, 2.05) is 29.2 Å². The molecule has 6 rings (SSSR count). The fourth-order valence-corrected chi connectivity index (χ4v) is 6.99. The first-order chi connectivity index (χ1) is 24.0. The highest BCUT2D eigenvalue weighted by molar-refractivity contribution is 6.14. The van der Waals surface area contributed by atoms with Gasteiger partial charge in [0.25, 0.3) is 0 Å². The van der Waals surface area contributed by atoms with Crippen molar-refractivity contribution >= 4 is 58.2 Å². The van der Waals surface area contributed by atoms with Crippen LogP contribution in [0.3, 0.4) is 0 Å². The number of carbonyl (C=O) groups is 2. The molecule has 0 saturated carbocycles. The van der Waals surface area contributed by atoms with Gasteiger partial charge in [-0.1, -0.05) is 36.4 Å². The Labute approximate surface area is 291 Å². The Bertz CT molecular complexity index is 1950. The summed E-state index contributed by atoms with van der Waals surface area (Å²) in [6.07, 6.45) is 5.61. The zero-order valence-corrected chi connectivity index (χ0v) is 28.4. The van der Waals surface area contributed by atoms with Crippen molar-refractivity contribution in [1.82, 2.24) is 14.8 Å². The Hall–Kier alpha value is -5.69. The number of nitrogens with two attached hydrogens (primary N) is 3. The fraction of sp³-hybridized carbons (Fsp3) is 0.324. The number of carbonyl (C=O) groups excluding carboxylic acids is 2. The summed E-state index contributed by atoms with van der Waals surface area (Å²) in [5.41, 5.74) is 23.3. The van der Waals surface area contributed by atoms with E-state index in [1.165, 1.54) is 11.9 Å². The number of pyridine rings is 1. The van der Waals surface area contributed by atoms with Crippen LogP contribution in [0.4, 0.5) is 17.2 Å². The van der Waals surface area contributed by atoms with Crippen LogP contribution in [0.25, 0.3) is 5.57 Å². The van der Waals surface area contributed by atoms with E-state index in [1.54, 1.807) is 49.2 Å². The number of hydrogen-bond acceptors (Lipinski definition) is 9. The average Bonchev–Trinajstić information content (AvgIpc) is 3.68. The molecule has 0 bridgehead atoms. The second-order valence-corrected chi connectivity index (χ2v) is 13.1. The summed E-state index contributed by atoms with van der Waals surface area (Å²) in [5, 5.41) is 16.9. The molecule has 3 aromatic rings. The summed E-state index contributed by atoms with van der Waals surface area (Å²) < 4.78 is 0. The van der Waals surface area contributed by atoms with Crippen LogP contribution in [0.5, 0.6) is 0 Å². The molecule has 50 heavy (non-hydrogen) atoms. The Balaban J connectivity index is 1.07. The molecule has 3 aliphatic heterocycles. The van der Waals surface area contributed by atoms with Gasteiger partial charge in [-0.15, -0.1) is 0 Å². The van der Waals surface area contributed by atoms with E-state index in [2.05, 4.69) is 25.9 Å². The number of nitrogen functional groups attached to an aromatic ring is 2. The molecule has 0 aliphatic carbocycles. The zero-order valence-electron chi connectivity index (χ0n) is 28.4. The Morgan fingerprint density at radius 2 is 1.72 bits per heavy atom. The van der Waals surface area contributed by atoms with Crippen molar-refractivity contribution in [3.05, 3.63) is 88.6 Å². The van der Waals surface area contributed by atoms with Crippen LogP contribution < -0.4 is 22.1 Å². The Morgan fingerprint density at radius 1 is 1.00 bits per heavy atom. The molecule has 1 atom stereocenters. The van der Waals surface area contributed by atoms with Crippen molar-refractivity contribution in [2.75, 3.05) is 62.7 Å². The molecule has 3 aliphatic rings. The minimum atomic E-state index is -0.580. The van der Waals surface area contributed by atoms with Crippen molar-refractivity contribution in [2.45, 2.75) is 26.2 Å². The molecule has 8 N–H and O–H groups in total. The number of amides is 2. The van der Waals surface area contributed by atoms with Crippen molar-refractivity contribution in [1.29, 1.82) is 10.8 Å². The van der Waals surface area contributed by atoms with E-state index < -0.39 is 5.41 Å². The number of nitrogens with zero attached hydrogens (tertiary/aromatic N) is 6. The lowest BCUT2D eigenvalue weighted by molar-refractivity contribution is -0.132. The molecule has 0 radical (unpaired) electrons. The lowest BCUT2D eigenvalue weighted by Gasteiger charge is -2.29. The monoisotopic (exact) mass is 673 g/mol. The van der Waals surface area contributed by atoms with E-state index in [4.69, 9.17) is 28.0 Å². The van der Waals surface area contributed by atoms with E-state index in [9.17, 15) is 9.59 Å². The van der Waals surface area contributed by atoms with E-state index in [0.717, 1.165) is 17.5 Å². The van der Waals surface area contributed by atoms with Crippen LogP contribution in [0.2, 0.25) is 0 Å². The van der Waals surface area contributed by atoms with Gasteiger partial charge in [0, 0.05) is 61.3 Å². The van der Waals surface area contributed by atoms with Crippen molar-refractivity contribution in [3.63, 3.8) is 0 Å². The second-order valence-electron chi connectivity index (χ2n) is 13.1. The molecule has 258 valence electrons. The first-order valence-electron chi connectivity index (χ1n) is 16.7. The molecule has 13 heteroatoms. The van der Waals surface area contributed by atoms with E-state index >= 15 is 0 Å². The van der Waals surface area contributed by atoms with Gasteiger partial charge < -0.3 is 27.5 Å². The predicted molar refractivity (Wildman–Crippen MR) is 199 cm³/mol. The zero-order chi connectivity index (χ0) is 35.6. The van der Waals surface area contributed by atoms with Crippen LogP contribution in [-0.4, -0.2) is 96.5 Å². The minimum absolute atomic E-state index is 0.0144. The van der Waals surface area contributed by atoms with Gasteiger partial charge in [-0.3, -0.25) is 29.8 Å². The quantitative estimate of drug-likeness (QED) is 0.130. The summed E-state index contributed by atoms with van der Waals surface area (Å²) in [4.78, 5) is 45.6. The molecule has 2 fully saturated rings. The number of aromatic nitrogens is 1. The summed E-state index contributed by atoms with van der Waals surface area (Å²) in [5.74, 6) is 0.898. The number of nitrogens with one attached hydrogen (secondary N) is 2. The van der Waals surface area contributed by atoms with E-state index in [0.29, 0.717) is 85.4 Å². The molecule has 13 nitrogen and oxygen atoms in total. The summed E-state index contributed by atoms with van der Waals surface area (Å²) in [7, 11) is 1.64. The van der Waals surface area contributed by atoms with Crippen LogP contribution in [0, 0.1) is 16.2 Å². The van der Waals surface area contributed by atoms with Gasteiger partial charge in [0.1, 0.15) is 23.7 Å². The van der Waals surface area contributed by atoms with Crippen molar-refractivity contribution in [2.24, 2.45) is 21.1 Å². The first kappa shape index (κ1) is 34.2. The van der Waals surface area contributed by atoms with Crippen LogP contribution in [-0.2, 0) is 9.59 Å². The lowest BCUT2D eigenvalue weighted by Crippen LogP contribution is -2.43. The van der Waals surface area contributed by atoms with Crippen LogP contribution >= 0.6 is 0 Å². The maximum absolute atomic E-state index is 13.9. The number of benzene rings is 2. The van der Waals surface area contributed by atoms with E-state index in [-0.39, 0.29) is 29.8 Å². The molecule has 2 aromatic carbocycles. The smallest absolute Gasteiger partial charge is 0.237 e. The van der Waals surface area contributed by atoms with Crippen molar-refractivity contribution in [3.8, 4) is 0 Å². The van der Waals surface area contributed by atoms with Gasteiger partial charge in [-0.05, 0) is 68.1 Å². The van der Waals surface area contributed by atoms with Gasteiger partial charge in [-0.25, -0.2) is 9.98 Å². The SMILES string of the molecule is CN=CN=C(N)c1ccc(C2=CCN(C(=O)CN3CC[C@]4(CCN(c5ccc(N)c(C(=N)c6ccc(N)c(C(C)=N)c6)n5)C4=O)C3)CC2)cc1. The third-order valence-electron chi connectivity index (χ3n) is 9.90. The Kier molecular flexibility index (Phi) is 9.60. The first-order valence-corrected chi connectivity index (χ1v) is 16.7. The average molecular weight is 674 g/mol. The number of amidine groups is 1. The van der Waals surface area contributed by atoms with Crippen molar-refractivity contribution < 1.29 is 9.59 Å². The highest BCUT2D eigenvalue weighted by atomic mass is 16.2. The highest BCUT2D eigenvalue weighted by Crippen LogP contribution is 2.42. The van der Waals surface area contributed by atoms with Gasteiger partial charge in [0.05, 0.1) is 23.4 Å². The molecule has 2 amide bonds. The van der Waals surface area contributed by atoms with Gasteiger partial charge >= 0.3 is 0 Å². The topological polar surface area (TPSA) is 207 Å². The summed E-state index contributed by atoms with van der Waals surface area (Å²) in [6, 6.07) is 16.4. The van der Waals surface area contributed by atoms with Gasteiger partial charge in [-0.2, -0.15) is 0 Å². The maximum atomic E-state index is 13.9. The molecule has 2 saturated heterocycles. The molecular formula is C37H43N11O2. The normalized spacial score (nSPS) is 19.8. The van der Waals surface area contributed by atoms with Gasteiger partial charge in [0.2, 0.25) is 11.8 Å². The maximum Gasteiger partial charge on any atom is 0.237 e. The predicted octanol–water partition coefficient (Wildman–Crippen LogP) is 3.16. The number of aliphatic imine (C=N–C) groups is 2. The molecule has 1 aromatic heterocycles. The third-order valence-corrected chi connectivity index (χ3v) is 9.90. The number of likely N-dealkylation sites (tertiary alicyclic amines) is 1. The molecular weight excluding hydrogens is 630 g/mol. The summed E-state index contributed by atoms with van der Waals surface area (Å²) in [6.45, 7) is 4.76. The highest BCUT2D eigenvalue weighted by Gasteiger charge is 2.51. The van der Waals surface area contributed by atoms with Crippen LogP contribution in [0.15, 0.2) is 70.7 Å². The number of rotatable bonds is 9. The largest absolute Gasteiger partial charge is 0.398 e. The second kappa shape index (κ2) is 14.0. The fourth-order valence-electron chi connectivity index (χ4n) is 6.99. The summed E-state index contributed by atoms with van der Waals surface area (Å²) >= 11 is 0. The molecule has 4 heterocycles. The molecule has 0 unspecified atom stereocenters. The minimum Gasteiger partial charge on any atom is -0.398 e. The van der Waals surface area contributed by atoms with Crippen LogP contribution in [0.1, 0.15) is 54.1 Å². The van der Waals surface area contributed by atoms with Gasteiger partial charge in [0.15, 0.2) is 0 Å². The standard InChI is InChI=1S/C37H43N11O2/c1-23(38)28-19-27(7-8-29(28)39)33(41)34-30(40)9-10-31(45-34)48-18-14-37(36(48)50)13-17-46(21-37)20-32(49)47-15-11-25(12-16-47)24-3-5-26(6-4-24)35(42)44-22-43-2/h3-11,19,22,38,41H,12-18,20-21,39-40H2,1-2H3,(H2,42,43,44)/t37-/m0/s1. The number of anilines is 3. The lowest BCUT2D eigenvalue weighted by atomic mass is 9.85. The Morgan fingerprint density at radius 3 is 2.42 bits per heavy atom.